The molecular formula is C20H21BrN4OS. The molecule has 0 radical (unpaired) electrons. The highest BCUT2D eigenvalue weighted by Gasteiger charge is 2.13. The Kier molecular flexibility index (Phi) is 6.34. The van der Waals surface area contributed by atoms with Crippen LogP contribution in [0.5, 0.6) is 0 Å². The van der Waals surface area contributed by atoms with E-state index in [1.54, 1.807) is 0 Å². The number of aromatic nitrogens is 3. The lowest BCUT2D eigenvalue weighted by Gasteiger charge is -2.14. The van der Waals surface area contributed by atoms with Gasteiger partial charge in [0.05, 0.1) is 5.75 Å². The molecule has 0 aliphatic heterocycles. The third-order valence-electron chi connectivity index (χ3n) is 4.11. The summed E-state index contributed by atoms with van der Waals surface area (Å²) >= 11 is 4.79. The van der Waals surface area contributed by atoms with Crippen LogP contribution in [0, 0.1) is 6.92 Å². The van der Waals surface area contributed by atoms with E-state index in [0.717, 1.165) is 26.9 Å². The van der Waals surface area contributed by atoms with Crippen molar-refractivity contribution in [1.82, 2.24) is 15.2 Å². The maximum atomic E-state index is 12.4. The largest absolute Gasteiger partial charge is 0.325 e. The highest BCUT2D eigenvalue weighted by molar-refractivity contribution is 9.10. The van der Waals surface area contributed by atoms with Gasteiger partial charge in [0.1, 0.15) is 0 Å². The van der Waals surface area contributed by atoms with Crippen molar-refractivity contribution in [2.75, 3.05) is 11.1 Å². The van der Waals surface area contributed by atoms with Crippen LogP contribution in [0.15, 0.2) is 52.1 Å². The SMILES string of the molecule is Cc1ccccc1-c1nc(SCC(=O)Nc2ccc(Br)cc2C(C)C)n[nH]1. The monoisotopic (exact) mass is 444 g/mol. The lowest BCUT2D eigenvalue weighted by Crippen LogP contribution is -2.15. The number of aryl methyl sites for hydroxylation is 1. The van der Waals surface area contributed by atoms with Gasteiger partial charge in [-0.3, -0.25) is 9.89 Å². The Morgan fingerprint density at radius 1 is 1.26 bits per heavy atom. The molecule has 1 amide bonds. The second kappa shape index (κ2) is 8.71. The van der Waals surface area contributed by atoms with Crippen molar-refractivity contribution in [2.45, 2.75) is 31.8 Å². The molecule has 2 N–H and O–H groups in total. The van der Waals surface area contributed by atoms with Crippen LogP contribution in [0.25, 0.3) is 11.4 Å². The summed E-state index contributed by atoms with van der Waals surface area (Å²) in [6.45, 7) is 6.24. The van der Waals surface area contributed by atoms with E-state index < -0.39 is 0 Å². The van der Waals surface area contributed by atoms with Crippen molar-refractivity contribution in [3.05, 3.63) is 58.1 Å². The predicted octanol–water partition coefficient (Wildman–Crippen LogP) is 5.40. The van der Waals surface area contributed by atoms with Crippen LogP contribution in [0.3, 0.4) is 0 Å². The van der Waals surface area contributed by atoms with E-state index in [4.69, 9.17) is 0 Å². The number of carbonyl (C=O) groups is 1. The topological polar surface area (TPSA) is 70.7 Å². The Morgan fingerprint density at radius 3 is 2.78 bits per heavy atom. The molecule has 27 heavy (non-hydrogen) atoms. The number of amides is 1. The summed E-state index contributed by atoms with van der Waals surface area (Å²) < 4.78 is 1.00. The molecular weight excluding hydrogens is 424 g/mol. The number of H-pyrrole nitrogens is 1. The minimum Gasteiger partial charge on any atom is -0.325 e. The summed E-state index contributed by atoms with van der Waals surface area (Å²) in [6.07, 6.45) is 0. The van der Waals surface area contributed by atoms with Gasteiger partial charge in [0.2, 0.25) is 11.1 Å². The molecule has 1 aromatic heterocycles. The Hall–Kier alpha value is -2.12. The predicted molar refractivity (Wildman–Crippen MR) is 114 cm³/mol. The van der Waals surface area contributed by atoms with Crippen molar-refractivity contribution in [3.8, 4) is 11.4 Å². The average molecular weight is 445 g/mol. The zero-order chi connectivity index (χ0) is 19.4. The number of carbonyl (C=O) groups excluding carboxylic acids is 1. The molecule has 2 aromatic carbocycles. The first kappa shape index (κ1) is 19.6. The highest BCUT2D eigenvalue weighted by Crippen LogP contribution is 2.28. The van der Waals surface area contributed by atoms with Crippen molar-refractivity contribution in [3.63, 3.8) is 0 Å². The van der Waals surface area contributed by atoms with E-state index in [-0.39, 0.29) is 11.7 Å². The van der Waals surface area contributed by atoms with Crippen LogP contribution in [0.1, 0.15) is 30.9 Å². The fourth-order valence-electron chi connectivity index (χ4n) is 2.71. The van der Waals surface area contributed by atoms with E-state index in [0.29, 0.717) is 16.9 Å². The molecule has 1 heterocycles. The maximum Gasteiger partial charge on any atom is 0.234 e. The summed E-state index contributed by atoms with van der Waals surface area (Å²) in [5, 5.41) is 10.7. The standard InChI is InChI=1S/C20H21BrN4OS/c1-12(2)16-10-14(21)8-9-17(16)22-18(26)11-27-20-23-19(24-25-20)15-7-5-4-6-13(15)3/h4-10,12H,11H2,1-3H3,(H,22,26)(H,23,24,25). The van der Waals surface area contributed by atoms with Gasteiger partial charge in [-0.1, -0.05) is 65.8 Å². The van der Waals surface area contributed by atoms with Crippen molar-refractivity contribution in [1.29, 1.82) is 0 Å². The Bertz CT molecular complexity index is 955. The van der Waals surface area contributed by atoms with Gasteiger partial charge in [0.15, 0.2) is 5.82 Å². The number of aromatic amines is 1. The summed E-state index contributed by atoms with van der Waals surface area (Å²) in [4.78, 5) is 16.9. The van der Waals surface area contributed by atoms with Gasteiger partial charge in [-0.05, 0) is 42.2 Å². The van der Waals surface area contributed by atoms with Crippen LogP contribution in [0.4, 0.5) is 5.69 Å². The zero-order valence-corrected chi connectivity index (χ0v) is 17.8. The minimum absolute atomic E-state index is 0.0773. The second-order valence-electron chi connectivity index (χ2n) is 6.50. The number of hydrogen-bond donors (Lipinski definition) is 2. The van der Waals surface area contributed by atoms with Crippen molar-refractivity contribution >= 4 is 39.3 Å². The molecule has 0 saturated heterocycles. The number of hydrogen-bond acceptors (Lipinski definition) is 4. The van der Waals surface area contributed by atoms with E-state index in [1.807, 2.05) is 49.4 Å². The number of anilines is 1. The maximum absolute atomic E-state index is 12.4. The number of benzene rings is 2. The first-order chi connectivity index (χ1) is 12.9. The van der Waals surface area contributed by atoms with Crippen LogP contribution in [0.2, 0.25) is 0 Å². The molecule has 0 saturated carbocycles. The van der Waals surface area contributed by atoms with Crippen LogP contribution >= 0.6 is 27.7 Å². The highest BCUT2D eigenvalue weighted by atomic mass is 79.9. The van der Waals surface area contributed by atoms with Crippen LogP contribution in [-0.2, 0) is 4.79 Å². The lowest BCUT2D eigenvalue weighted by molar-refractivity contribution is -0.113. The van der Waals surface area contributed by atoms with E-state index in [9.17, 15) is 4.79 Å². The molecule has 3 rings (SSSR count). The lowest BCUT2D eigenvalue weighted by atomic mass is 10.0. The molecule has 140 valence electrons. The fraction of sp³-hybridized carbons (Fsp3) is 0.250. The van der Waals surface area contributed by atoms with E-state index in [1.165, 1.54) is 11.8 Å². The molecule has 0 bridgehead atoms. The Morgan fingerprint density at radius 2 is 2.04 bits per heavy atom. The molecule has 3 aromatic rings. The van der Waals surface area contributed by atoms with Crippen molar-refractivity contribution in [2.24, 2.45) is 0 Å². The molecule has 0 atom stereocenters. The van der Waals surface area contributed by atoms with Gasteiger partial charge >= 0.3 is 0 Å². The van der Waals surface area contributed by atoms with E-state index in [2.05, 4.69) is 50.3 Å². The molecule has 0 aliphatic rings. The quantitative estimate of drug-likeness (QED) is 0.499. The molecule has 5 nitrogen and oxygen atoms in total. The van der Waals surface area contributed by atoms with Gasteiger partial charge in [-0.15, -0.1) is 5.10 Å². The number of halogens is 1. The smallest absolute Gasteiger partial charge is 0.234 e. The summed E-state index contributed by atoms with van der Waals surface area (Å²) in [5.74, 6) is 1.20. The van der Waals surface area contributed by atoms with Gasteiger partial charge in [0, 0.05) is 15.7 Å². The second-order valence-corrected chi connectivity index (χ2v) is 8.36. The molecule has 0 spiro atoms. The zero-order valence-electron chi connectivity index (χ0n) is 15.4. The molecule has 0 aliphatic carbocycles. The van der Waals surface area contributed by atoms with Crippen LogP contribution in [-0.4, -0.2) is 26.8 Å². The molecule has 0 unspecified atom stereocenters. The first-order valence-electron chi connectivity index (χ1n) is 8.64. The fourth-order valence-corrected chi connectivity index (χ4v) is 3.69. The van der Waals surface area contributed by atoms with Crippen LogP contribution < -0.4 is 5.32 Å². The summed E-state index contributed by atoms with van der Waals surface area (Å²) in [5.41, 5.74) is 4.08. The van der Waals surface area contributed by atoms with Gasteiger partial charge < -0.3 is 5.32 Å². The number of thioether (sulfide) groups is 1. The number of nitrogens with one attached hydrogen (secondary N) is 2. The van der Waals surface area contributed by atoms with Crippen molar-refractivity contribution < 1.29 is 4.79 Å². The summed E-state index contributed by atoms with van der Waals surface area (Å²) in [7, 11) is 0. The number of rotatable bonds is 6. The Labute approximate surface area is 171 Å². The van der Waals surface area contributed by atoms with Gasteiger partial charge in [0.25, 0.3) is 0 Å². The first-order valence-corrected chi connectivity index (χ1v) is 10.4. The van der Waals surface area contributed by atoms with E-state index >= 15 is 0 Å². The normalized spacial score (nSPS) is 11.0. The van der Waals surface area contributed by atoms with Gasteiger partial charge in [-0.25, -0.2) is 4.98 Å². The van der Waals surface area contributed by atoms with Gasteiger partial charge in [-0.2, -0.15) is 0 Å². The molecule has 7 heteroatoms. The summed E-state index contributed by atoms with van der Waals surface area (Å²) in [6, 6.07) is 13.9. The number of nitrogens with zero attached hydrogens (tertiary/aromatic N) is 2. The minimum atomic E-state index is -0.0773. The third kappa shape index (κ3) is 4.99. The third-order valence-corrected chi connectivity index (χ3v) is 5.45. The average Bonchev–Trinajstić information content (AvgIpc) is 3.10. The molecule has 0 fully saturated rings. The Balaban J connectivity index is 1.63.